The van der Waals surface area contributed by atoms with E-state index in [0.29, 0.717) is 23.9 Å². The first-order valence-electron chi connectivity index (χ1n) is 7.13. The molecule has 0 aromatic carbocycles. The molecule has 0 aromatic heterocycles. The molecule has 2 N–H and O–H groups in total. The van der Waals surface area contributed by atoms with Crippen molar-refractivity contribution in [3.05, 3.63) is 0 Å². The number of carbonyl (C=O) groups excluding carboxylic acids is 1. The van der Waals surface area contributed by atoms with Gasteiger partial charge >= 0.3 is 0 Å². The smallest absolute Gasteiger partial charge is 0.211 e. The van der Waals surface area contributed by atoms with E-state index in [1.165, 1.54) is 0 Å². The number of piperidine rings is 1. The Balaban J connectivity index is 0.000000141. The number of likely N-dealkylation sites (tertiary alicyclic amines) is 1. The predicted octanol–water partition coefficient (Wildman–Crippen LogP) is 0.889. The van der Waals surface area contributed by atoms with Crippen molar-refractivity contribution in [2.24, 2.45) is 17.6 Å². The van der Waals surface area contributed by atoms with Crippen LogP contribution in [0.3, 0.4) is 0 Å². The maximum atomic E-state index is 10.4. The number of amides is 1. The van der Waals surface area contributed by atoms with Crippen molar-refractivity contribution in [3.8, 4) is 6.07 Å². The molecule has 3 rings (SSSR count). The molecule has 2 saturated heterocycles. The average Bonchev–Trinajstić information content (AvgIpc) is 3.12. The number of carbonyl (C=O) groups is 1. The van der Waals surface area contributed by atoms with E-state index >= 15 is 0 Å². The van der Waals surface area contributed by atoms with Gasteiger partial charge in [-0.05, 0) is 44.4 Å². The van der Waals surface area contributed by atoms with Crippen LogP contribution in [0.5, 0.6) is 0 Å². The molecule has 5 nitrogen and oxygen atoms in total. The van der Waals surface area contributed by atoms with E-state index in [0.717, 1.165) is 45.3 Å². The zero-order valence-electron chi connectivity index (χ0n) is 11.5. The molecule has 0 aromatic rings. The Kier molecular flexibility index (Phi) is 4.78. The van der Waals surface area contributed by atoms with Crippen molar-refractivity contribution in [2.45, 2.75) is 50.7 Å². The maximum Gasteiger partial charge on any atom is 0.211 e. The summed E-state index contributed by atoms with van der Waals surface area (Å²) in [5.41, 5.74) is 5.71. The zero-order chi connectivity index (χ0) is 13.8. The van der Waals surface area contributed by atoms with E-state index in [4.69, 9.17) is 15.7 Å². The Labute approximate surface area is 114 Å². The quantitative estimate of drug-likeness (QED) is 0.752. The second-order valence-electron chi connectivity index (χ2n) is 5.81. The van der Waals surface area contributed by atoms with Gasteiger partial charge in [0.15, 0.2) is 0 Å². The van der Waals surface area contributed by atoms with E-state index in [-0.39, 0.29) is 6.04 Å². The fourth-order valence-electron chi connectivity index (χ4n) is 3.00. The number of fused-ring (bicyclic) bond motifs is 1. The molecule has 5 heteroatoms. The highest BCUT2D eigenvalue weighted by molar-refractivity contribution is 5.52. The molecule has 1 saturated carbocycles. The number of hydrogen-bond acceptors (Lipinski definition) is 4. The summed E-state index contributed by atoms with van der Waals surface area (Å²) in [5, 5.41) is 8.56. The fourth-order valence-corrected chi connectivity index (χ4v) is 3.00. The SMILES string of the molecule is CC(N)C1CCOCC1.N#CC1CC2CC2N1C=O. The van der Waals surface area contributed by atoms with E-state index in [2.05, 4.69) is 13.0 Å². The highest BCUT2D eigenvalue weighted by Gasteiger charge is 2.51. The molecule has 2 heterocycles. The second-order valence-corrected chi connectivity index (χ2v) is 5.81. The van der Waals surface area contributed by atoms with Crippen LogP contribution in [0, 0.1) is 23.2 Å². The van der Waals surface area contributed by atoms with Gasteiger partial charge in [0.25, 0.3) is 0 Å². The van der Waals surface area contributed by atoms with Crippen LogP contribution in [0.15, 0.2) is 0 Å². The van der Waals surface area contributed by atoms with Gasteiger partial charge in [-0.25, -0.2) is 0 Å². The number of nitrogens with zero attached hydrogens (tertiary/aromatic N) is 2. The second kappa shape index (κ2) is 6.36. The van der Waals surface area contributed by atoms with E-state index < -0.39 is 0 Å². The number of hydrogen-bond donors (Lipinski definition) is 1. The first kappa shape index (κ1) is 14.3. The lowest BCUT2D eigenvalue weighted by Crippen LogP contribution is -2.31. The van der Waals surface area contributed by atoms with Crippen molar-refractivity contribution < 1.29 is 9.53 Å². The summed E-state index contributed by atoms with van der Waals surface area (Å²) in [6.45, 7) is 3.90. The third-order valence-corrected chi connectivity index (χ3v) is 4.43. The van der Waals surface area contributed by atoms with Gasteiger partial charge in [0.05, 0.1) is 6.07 Å². The van der Waals surface area contributed by atoms with Crippen molar-refractivity contribution in [1.29, 1.82) is 5.26 Å². The Morgan fingerprint density at radius 3 is 2.53 bits per heavy atom. The molecule has 4 unspecified atom stereocenters. The van der Waals surface area contributed by atoms with Crippen LogP contribution in [-0.2, 0) is 9.53 Å². The minimum Gasteiger partial charge on any atom is -0.381 e. The normalized spacial score (nSPS) is 34.6. The summed E-state index contributed by atoms with van der Waals surface area (Å²) >= 11 is 0. The van der Waals surface area contributed by atoms with Gasteiger partial charge in [-0.15, -0.1) is 0 Å². The zero-order valence-corrected chi connectivity index (χ0v) is 11.5. The van der Waals surface area contributed by atoms with Crippen molar-refractivity contribution in [1.82, 2.24) is 4.90 Å². The Morgan fingerprint density at radius 1 is 1.42 bits per heavy atom. The van der Waals surface area contributed by atoms with Crippen molar-refractivity contribution in [3.63, 3.8) is 0 Å². The van der Waals surface area contributed by atoms with Gasteiger partial charge in [0, 0.05) is 25.3 Å². The lowest BCUT2D eigenvalue weighted by Gasteiger charge is -2.24. The van der Waals surface area contributed by atoms with Gasteiger partial charge in [-0.3, -0.25) is 4.79 Å². The molecule has 2 aliphatic heterocycles. The van der Waals surface area contributed by atoms with Crippen LogP contribution in [0.4, 0.5) is 0 Å². The number of nitrogens with two attached hydrogens (primary N) is 1. The van der Waals surface area contributed by atoms with Crippen LogP contribution >= 0.6 is 0 Å². The molecular formula is C14H23N3O2. The molecule has 3 fully saturated rings. The predicted molar refractivity (Wildman–Crippen MR) is 71.0 cm³/mol. The highest BCUT2D eigenvalue weighted by Crippen LogP contribution is 2.46. The molecule has 0 spiro atoms. The summed E-state index contributed by atoms with van der Waals surface area (Å²) in [6.07, 6.45) is 5.14. The molecule has 0 bridgehead atoms. The van der Waals surface area contributed by atoms with E-state index in [1.807, 2.05) is 0 Å². The number of rotatable bonds is 2. The Hall–Kier alpha value is -1.12. The Morgan fingerprint density at radius 2 is 2.11 bits per heavy atom. The summed E-state index contributed by atoms with van der Waals surface area (Å²) in [7, 11) is 0. The Bertz CT molecular complexity index is 347. The summed E-state index contributed by atoms with van der Waals surface area (Å²) in [6, 6.07) is 2.77. The first-order valence-corrected chi connectivity index (χ1v) is 7.13. The highest BCUT2D eigenvalue weighted by atomic mass is 16.5. The molecular weight excluding hydrogens is 242 g/mol. The molecule has 1 amide bonds. The molecule has 1 aliphatic carbocycles. The average molecular weight is 265 g/mol. The molecule has 0 radical (unpaired) electrons. The third-order valence-electron chi connectivity index (χ3n) is 4.43. The van der Waals surface area contributed by atoms with Crippen LogP contribution in [0.2, 0.25) is 0 Å². The van der Waals surface area contributed by atoms with E-state index in [1.54, 1.807) is 4.90 Å². The van der Waals surface area contributed by atoms with Gasteiger partial charge in [0.1, 0.15) is 6.04 Å². The summed E-state index contributed by atoms with van der Waals surface area (Å²) in [5.74, 6) is 1.36. The van der Waals surface area contributed by atoms with E-state index in [9.17, 15) is 4.79 Å². The van der Waals surface area contributed by atoms with Crippen LogP contribution in [0.25, 0.3) is 0 Å². The minimum absolute atomic E-state index is 0.124. The van der Waals surface area contributed by atoms with Crippen LogP contribution in [0.1, 0.15) is 32.6 Å². The molecule has 106 valence electrons. The summed E-state index contributed by atoms with van der Waals surface area (Å²) in [4.78, 5) is 12.0. The van der Waals surface area contributed by atoms with Crippen LogP contribution < -0.4 is 5.73 Å². The monoisotopic (exact) mass is 265 g/mol. The molecule has 3 aliphatic rings. The first-order chi connectivity index (χ1) is 9.17. The van der Waals surface area contributed by atoms with Crippen LogP contribution in [-0.4, -0.2) is 42.6 Å². The number of ether oxygens (including phenoxy) is 1. The molecule has 19 heavy (non-hydrogen) atoms. The topological polar surface area (TPSA) is 79.3 Å². The number of nitriles is 1. The third kappa shape index (κ3) is 3.46. The largest absolute Gasteiger partial charge is 0.381 e. The van der Waals surface area contributed by atoms with Gasteiger partial charge < -0.3 is 15.4 Å². The minimum atomic E-state index is -0.124. The van der Waals surface area contributed by atoms with Crippen molar-refractivity contribution in [2.75, 3.05) is 13.2 Å². The van der Waals surface area contributed by atoms with Crippen molar-refractivity contribution >= 4 is 6.41 Å². The lowest BCUT2D eigenvalue weighted by atomic mass is 9.94. The fraction of sp³-hybridized carbons (Fsp3) is 0.857. The lowest BCUT2D eigenvalue weighted by molar-refractivity contribution is -0.118. The standard InChI is InChI=1S/C7H8N2O.C7H15NO/c8-3-6-1-5-2-7(5)9(6)4-10;1-6(8)7-2-4-9-5-3-7/h4-7H,1-2H2;6-7H,2-5,8H2,1H3. The van der Waals surface area contributed by atoms with Gasteiger partial charge in [-0.1, -0.05) is 0 Å². The van der Waals surface area contributed by atoms with Gasteiger partial charge in [0.2, 0.25) is 6.41 Å². The molecule has 4 atom stereocenters. The summed E-state index contributed by atoms with van der Waals surface area (Å²) < 4.78 is 5.19. The van der Waals surface area contributed by atoms with Gasteiger partial charge in [-0.2, -0.15) is 5.26 Å². The maximum absolute atomic E-state index is 10.4.